The first-order valence-corrected chi connectivity index (χ1v) is 5.50. The molecule has 90 valence electrons. The van der Waals surface area contributed by atoms with Crippen molar-refractivity contribution < 1.29 is 0 Å². The Balaban J connectivity index is 2.57. The van der Waals surface area contributed by atoms with Gasteiger partial charge in [0.1, 0.15) is 5.82 Å². The number of imidazole rings is 1. The summed E-state index contributed by atoms with van der Waals surface area (Å²) in [5.74, 6) is 1.77. The van der Waals surface area contributed by atoms with Crippen LogP contribution in [-0.4, -0.2) is 19.5 Å². The van der Waals surface area contributed by atoms with Gasteiger partial charge in [-0.05, 0) is 0 Å². The summed E-state index contributed by atoms with van der Waals surface area (Å²) in [7, 11) is 1.91. The molecule has 2 aromatic heterocycles. The summed E-state index contributed by atoms with van der Waals surface area (Å²) in [5.41, 5.74) is 6.69. The summed E-state index contributed by atoms with van der Waals surface area (Å²) in [4.78, 5) is 13.0. The molecule has 2 heterocycles. The average Bonchev–Trinajstić information content (AvgIpc) is 2.62. The van der Waals surface area contributed by atoms with Gasteiger partial charge in [0.15, 0.2) is 11.6 Å². The number of hydrogen-bond acceptors (Lipinski definition) is 4. The minimum atomic E-state index is -0.0586. The summed E-state index contributed by atoms with van der Waals surface area (Å²) in [6.07, 6.45) is 3.58. The summed E-state index contributed by atoms with van der Waals surface area (Å²) in [6, 6.07) is 1.81. The zero-order valence-corrected chi connectivity index (χ0v) is 10.6. The molecule has 0 unspecified atom stereocenters. The molecular weight excluding hydrogens is 214 g/mol. The molecule has 0 radical (unpaired) electrons. The van der Waals surface area contributed by atoms with Crippen LogP contribution in [0.5, 0.6) is 0 Å². The fraction of sp³-hybridized carbons (Fsp3) is 0.417. The maximum atomic E-state index is 5.82. The van der Waals surface area contributed by atoms with Crippen molar-refractivity contribution in [1.82, 2.24) is 19.5 Å². The molecule has 0 aliphatic heterocycles. The van der Waals surface area contributed by atoms with Crippen LogP contribution in [0.4, 0.5) is 5.82 Å². The molecule has 0 saturated heterocycles. The van der Waals surface area contributed by atoms with E-state index >= 15 is 0 Å². The molecule has 2 rings (SSSR count). The van der Waals surface area contributed by atoms with E-state index in [1.165, 1.54) is 0 Å². The third kappa shape index (κ3) is 2.27. The summed E-state index contributed by atoms with van der Waals surface area (Å²) in [5, 5.41) is 0. The maximum Gasteiger partial charge on any atom is 0.198 e. The predicted molar refractivity (Wildman–Crippen MR) is 67.3 cm³/mol. The smallest absolute Gasteiger partial charge is 0.198 e. The van der Waals surface area contributed by atoms with Crippen molar-refractivity contribution in [3.8, 4) is 11.6 Å². The number of nitrogens with zero attached hydrogens (tertiary/aromatic N) is 4. The van der Waals surface area contributed by atoms with E-state index in [0.717, 1.165) is 11.5 Å². The number of nitrogens with two attached hydrogens (primary N) is 1. The van der Waals surface area contributed by atoms with Crippen molar-refractivity contribution in [2.45, 2.75) is 26.2 Å². The van der Waals surface area contributed by atoms with Crippen LogP contribution in [0, 0.1) is 0 Å². The molecular formula is C12H17N5. The highest BCUT2D eigenvalue weighted by molar-refractivity contribution is 5.49. The van der Waals surface area contributed by atoms with E-state index in [4.69, 9.17) is 5.73 Å². The van der Waals surface area contributed by atoms with Crippen LogP contribution < -0.4 is 5.73 Å². The van der Waals surface area contributed by atoms with Crippen molar-refractivity contribution in [3.05, 3.63) is 24.2 Å². The Kier molecular flexibility index (Phi) is 2.61. The zero-order chi connectivity index (χ0) is 12.6. The second-order valence-electron chi connectivity index (χ2n) is 5.11. The van der Waals surface area contributed by atoms with Crippen molar-refractivity contribution in [2.24, 2.45) is 7.05 Å². The number of hydrogen-bond donors (Lipinski definition) is 1. The largest absolute Gasteiger partial charge is 0.384 e. The first kappa shape index (κ1) is 11.6. The molecule has 2 N–H and O–H groups in total. The van der Waals surface area contributed by atoms with Gasteiger partial charge in [0.2, 0.25) is 0 Å². The maximum absolute atomic E-state index is 5.82. The minimum absolute atomic E-state index is 0.0586. The van der Waals surface area contributed by atoms with Gasteiger partial charge in [0.25, 0.3) is 0 Å². The quantitative estimate of drug-likeness (QED) is 0.811. The van der Waals surface area contributed by atoms with Gasteiger partial charge in [-0.2, -0.15) is 0 Å². The minimum Gasteiger partial charge on any atom is -0.384 e. The molecule has 0 aliphatic carbocycles. The van der Waals surface area contributed by atoms with E-state index in [-0.39, 0.29) is 5.41 Å². The van der Waals surface area contributed by atoms with Crippen LogP contribution in [0.25, 0.3) is 11.6 Å². The van der Waals surface area contributed by atoms with Gasteiger partial charge in [0.05, 0.1) is 5.69 Å². The molecule has 0 aliphatic rings. The lowest BCUT2D eigenvalue weighted by Crippen LogP contribution is -2.16. The Hall–Kier alpha value is -1.91. The Morgan fingerprint density at radius 3 is 2.47 bits per heavy atom. The van der Waals surface area contributed by atoms with E-state index in [1.54, 1.807) is 6.20 Å². The van der Waals surface area contributed by atoms with Gasteiger partial charge >= 0.3 is 0 Å². The molecule has 0 spiro atoms. The van der Waals surface area contributed by atoms with Crippen LogP contribution in [0.3, 0.4) is 0 Å². The van der Waals surface area contributed by atoms with Crippen molar-refractivity contribution in [2.75, 3.05) is 5.73 Å². The standard InChI is InChI=1S/C12H17N5/c1-12(2,3)8-7-9(13)16-10(15-8)11-14-5-6-17(11)4/h5-7H,1-4H3,(H2,13,15,16). The molecule has 5 heteroatoms. The monoisotopic (exact) mass is 231 g/mol. The van der Waals surface area contributed by atoms with Crippen molar-refractivity contribution >= 4 is 5.82 Å². The lowest BCUT2D eigenvalue weighted by molar-refractivity contribution is 0.568. The summed E-state index contributed by atoms with van der Waals surface area (Å²) >= 11 is 0. The molecule has 0 fully saturated rings. The third-order valence-corrected chi connectivity index (χ3v) is 2.54. The molecule has 2 aromatic rings. The number of anilines is 1. The van der Waals surface area contributed by atoms with Crippen LogP contribution in [0.1, 0.15) is 26.5 Å². The van der Waals surface area contributed by atoms with Gasteiger partial charge in [-0.1, -0.05) is 20.8 Å². The Morgan fingerprint density at radius 2 is 1.94 bits per heavy atom. The van der Waals surface area contributed by atoms with Crippen LogP contribution >= 0.6 is 0 Å². The lowest BCUT2D eigenvalue weighted by atomic mass is 9.92. The van der Waals surface area contributed by atoms with Crippen molar-refractivity contribution in [3.63, 3.8) is 0 Å². The highest BCUT2D eigenvalue weighted by Crippen LogP contribution is 2.23. The highest BCUT2D eigenvalue weighted by Gasteiger charge is 2.19. The van der Waals surface area contributed by atoms with Crippen LogP contribution in [0.2, 0.25) is 0 Å². The second kappa shape index (κ2) is 3.84. The summed E-state index contributed by atoms with van der Waals surface area (Å²) < 4.78 is 1.88. The van der Waals surface area contributed by atoms with E-state index < -0.39 is 0 Å². The SMILES string of the molecule is Cn1ccnc1-c1nc(N)cc(C(C)(C)C)n1. The number of aromatic nitrogens is 4. The van der Waals surface area contributed by atoms with Gasteiger partial charge in [-0.25, -0.2) is 15.0 Å². The molecule has 0 aromatic carbocycles. The molecule has 0 amide bonds. The number of nitrogen functional groups attached to an aromatic ring is 1. The molecule has 0 atom stereocenters. The van der Waals surface area contributed by atoms with Gasteiger partial charge in [0, 0.05) is 30.9 Å². The lowest BCUT2D eigenvalue weighted by Gasteiger charge is -2.18. The molecule has 0 bridgehead atoms. The fourth-order valence-electron chi connectivity index (χ4n) is 1.53. The number of rotatable bonds is 1. The Labute approximate surface area is 101 Å². The predicted octanol–water partition coefficient (Wildman–Crippen LogP) is 1.76. The van der Waals surface area contributed by atoms with E-state index in [0.29, 0.717) is 11.6 Å². The summed E-state index contributed by atoms with van der Waals surface area (Å²) in [6.45, 7) is 6.28. The van der Waals surface area contributed by atoms with E-state index in [2.05, 4.69) is 35.7 Å². The normalized spacial score (nSPS) is 11.8. The van der Waals surface area contributed by atoms with Crippen LogP contribution in [0.15, 0.2) is 18.5 Å². The van der Waals surface area contributed by atoms with Gasteiger partial charge in [-0.3, -0.25) is 0 Å². The van der Waals surface area contributed by atoms with Crippen LogP contribution in [-0.2, 0) is 12.5 Å². The Bertz CT molecular complexity index is 536. The highest BCUT2D eigenvalue weighted by atomic mass is 15.1. The second-order valence-corrected chi connectivity index (χ2v) is 5.11. The molecule has 17 heavy (non-hydrogen) atoms. The molecule has 0 saturated carbocycles. The first-order valence-electron chi connectivity index (χ1n) is 5.50. The Morgan fingerprint density at radius 1 is 1.24 bits per heavy atom. The third-order valence-electron chi connectivity index (χ3n) is 2.54. The zero-order valence-electron chi connectivity index (χ0n) is 10.6. The topological polar surface area (TPSA) is 69.6 Å². The van der Waals surface area contributed by atoms with Gasteiger partial charge < -0.3 is 10.3 Å². The first-order chi connectivity index (χ1) is 7.88. The molecule has 5 nitrogen and oxygen atoms in total. The van der Waals surface area contributed by atoms with Crippen molar-refractivity contribution in [1.29, 1.82) is 0 Å². The average molecular weight is 231 g/mol. The van der Waals surface area contributed by atoms with E-state index in [1.807, 2.05) is 23.9 Å². The fourth-order valence-corrected chi connectivity index (χ4v) is 1.53. The van der Waals surface area contributed by atoms with Gasteiger partial charge in [-0.15, -0.1) is 0 Å². The number of aryl methyl sites for hydroxylation is 1. The van der Waals surface area contributed by atoms with E-state index in [9.17, 15) is 0 Å².